The third-order valence-corrected chi connectivity index (χ3v) is 5.20. The van der Waals surface area contributed by atoms with E-state index in [1.807, 2.05) is 24.3 Å². The Morgan fingerprint density at radius 2 is 1.75 bits per heavy atom. The second-order valence-corrected chi connectivity index (χ2v) is 8.96. The van der Waals surface area contributed by atoms with Crippen molar-refractivity contribution >= 4 is 33.6 Å². The zero-order chi connectivity index (χ0) is 25.9. The first-order valence-corrected chi connectivity index (χ1v) is 11.2. The number of fused-ring (bicyclic) bond motifs is 3. The number of nitrogens with two attached hydrogens (primary N) is 1. The fraction of sp³-hybridized carbons (Fsp3) is 0.259. The highest BCUT2D eigenvalue weighted by molar-refractivity contribution is 6.10. The number of hydrogen-bond donors (Lipinski definition) is 2. The molecule has 4 aromatic rings. The number of hydrogen-bond acceptors (Lipinski definition) is 8. The average Bonchev–Trinajstić information content (AvgIpc) is 2.84. The molecule has 184 valence electrons. The average molecular weight is 486 g/mol. The number of nitrogens with zero attached hydrogens (tertiary/aromatic N) is 3. The molecule has 0 radical (unpaired) electrons. The number of benzene rings is 1. The van der Waals surface area contributed by atoms with E-state index in [-0.39, 0.29) is 6.54 Å². The molecule has 0 aliphatic carbocycles. The van der Waals surface area contributed by atoms with Crippen LogP contribution in [0.2, 0.25) is 0 Å². The Balaban J connectivity index is 1.67. The number of ether oxygens (including phenoxy) is 3. The fourth-order valence-electron chi connectivity index (χ4n) is 3.63. The Kier molecular flexibility index (Phi) is 6.79. The van der Waals surface area contributed by atoms with Gasteiger partial charge in [0.2, 0.25) is 0 Å². The zero-order valence-electron chi connectivity index (χ0n) is 20.8. The Bertz CT molecular complexity index is 1520. The van der Waals surface area contributed by atoms with Gasteiger partial charge in [-0.2, -0.15) is 0 Å². The SMILES string of the molecule is COc1cc2ncc3c(N)nc(-c4cncc(C#CCNC(=O)OC(C)(C)C)c4)cc3c2cc1OC. The molecule has 3 aromatic heterocycles. The van der Waals surface area contributed by atoms with E-state index in [4.69, 9.17) is 19.9 Å². The molecule has 4 rings (SSSR count). The van der Waals surface area contributed by atoms with Crippen molar-refractivity contribution in [3.63, 3.8) is 0 Å². The smallest absolute Gasteiger partial charge is 0.408 e. The molecule has 9 nitrogen and oxygen atoms in total. The lowest BCUT2D eigenvalue weighted by molar-refractivity contribution is 0.0535. The van der Waals surface area contributed by atoms with Crippen LogP contribution in [-0.2, 0) is 4.74 Å². The van der Waals surface area contributed by atoms with Gasteiger partial charge in [0.15, 0.2) is 11.5 Å². The molecule has 0 aliphatic heterocycles. The second kappa shape index (κ2) is 9.96. The third kappa shape index (κ3) is 5.39. The minimum Gasteiger partial charge on any atom is -0.493 e. The molecule has 0 spiro atoms. The van der Waals surface area contributed by atoms with Crippen LogP contribution in [-0.4, -0.2) is 47.4 Å². The van der Waals surface area contributed by atoms with Crippen LogP contribution in [0, 0.1) is 11.8 Å². The lowest BCUT2D eigenvalue weighted by atomic mass is 10.0. The van der Waals surface area contributed by atoms with Gasteiger partial charge in [0.05, 0.1) is 32.0 Å². The molecule has 0 aliphatic rings. The largest absolute Gasteiger partial charge is 0.493 e. The molecule has 9 heteroatoms. The molecule has 36 heavy (non-hydrogen) atoms. The predicted octanol–water partition coefficient (Wildman–Crippen LogP) is 4.32. The van der Waals surface area contributed by atoms with Gasteiger partial charge in [0.25, 0.3) is 0 Å². The van der Waals surface area contributed by atoms with Crippen LogP contribution in [0.15, 0.2) is 42.9 Å². The number of pyridine rings is 3. The van der Waals surface area contributed by atoms with E-state index in [1.54, 1.807) is 53.6 Å². The van der Waals surface area contributed by atoms with E-state index in [9.17, 15) is 4.79 Å². The highest BCUT2D eigenvalue weighted by Crippen LogP contribution is 2.36. The van der Waals surface area contributed by atoms with Crippen molar-refractivity contribution in [2.75, 3.05) is 26.5 Å². The Labute approximate surface area is 209 Å². The summed E-state index contributed by atoms with van der Waals surface area (Å²) >= 11 is 0. The zero-order valence-corrected chi connectivity index (χ0v) is 20.8. The topological polar surface area (TPSA) is 121 Å². The number of carbonyl (C=O) groups excluding carboxylic acids is 1. The third-order valence-electron chi connectivity index (χ3n) is 5.20. The molecule has 0 bridgehead atoms. The predicted molar refractivity (Wildman–Crippen MR) is 139 cm³/mol. The molecule has 0 atom stereocenters. The summed E-state index contributed by atoms with van der Waals surface area (Å²) in [5.41, 5.74) is 8.55. The minimum absolute atomic E-state index is 0.143. The number of carbonyl (C=O) groups is 1. The maximum Gasteiger partial charge on any atom is 0.408 e. The quantitative estimate of drug-likeness (QED) is 0.324. The number of methoxy groups -OCH3 is 2. The van der Waals surface area contributed by atoms with Crippen LogP contribution < -0.4 is 20.5 Å². The molecular weight excluding hydrogens is 458 g/mol. The molecule has 1 amide bonds. The summed E-state index contributed by atoms with van der Waals surface area (Å²) in [4.78, 5) is 25.2. The van der Waals surface area contributed by atoms with Crippen molar-refractivity contribution in [3.05, 3.63) is 48.4 Å². The number of aromatic nitrogens is 3. The fourth-order valence-corrected chi connectivity index (χ4v) is 3.63. The van der Waals surface area contributed by atoms with Crippen LogP contribution in [0.4, 0.5) is 10.6 Å². The van der Waals surface area contributed by atoms with E-state index in [0.717, 1.165) is 27.2 Å². The first kappa shape index (κ1) is 24.5. The molecule has 3 N–H and O–H groups in total. The first-order chi connectivity index (χ1) is 17.2. The van der Waals surface area contributed by atoms with Gasteiger partial charge in [-0.1, -0.05) is 11.8 Å². The van der Waals surface area contributed by atoms with Crippen molar-refractivity contribution in [2.45, 2.75) is 26.4 Å². The standard InChI is InChI=1S/C27H27N5O4/c1-27(2,3)36-26(33)30-8-6-7-16-9-17(14-29-13-16)21-10-18-19-11-23(34-4)24(35-5)12-22(19)31-15-20(18)25(28)32-21/h9-15H,8H2,1-5H3,(H2,28,32)(H,30,33). The summed E-state index contributed by atoms with van der Waals surface area (Å²) in [6.07, 6.45) is 4.53. The van der Waals surface area contributed by atoms with Crippen molar-refractivity contribution in [1.29, 1.82) is 0 Å². The summed E-state index contributed by atoms with van der Waals surface area (Å²) in [7, 11) is 3.17. The molecule has 0 fully saturated rings. The summed E-state index contributed by atoms with van der Waals surface area (Å²) in [5.74, 6) is 7.44. The molecule has 1 aromatic carbocycles. The van der Waals surface area contributed by atoms with Crippen LogP contribution in [0.1, 0.15) is 26.3 Å². The van der Waals surface area contributed by atoms with Crippen molar-refractivity contribution in [2.24, 2.45) is 0 Å². The molecule has 0 unspecified atom stereocenters. The maximum atomic E-state index is 11.8. The Morgan fingerprint density at radius 1 is 1.00 bits per heavy atom. The van der Waals surface area contributed by atoms with Crippen molar-refractivity contribution in [1.82, 2.24) is 20.3 Å². The number of nitrogen functional groups attached to an aromatic ring is 1. The lowest BCUT2D eigenvalue weighted by Crippen LogP contribution is -2.32. The second-order valence-electron chi connectivity index (χ2n) is 8.96. The normalized spacial score (nSPS) is 11.0. The Morgan fingerprint density at radius 3 is 2.47 bits per heavy atom. The number of anilines is 1. The van der Waals surface area contributed by atoms with Crippen LogP contribution in [0.3, 0.4) is 0 Å². The summed E-state index contributed by atoms with van der Waals surface area (Å²) in [6.45, 7) is 5.55. The monoisotopic (exact) mass is 485 g/mol. The summed E-state index contributed by atoms with van der Waals surface area (Å²) in [6, 6.07) is 7.52. The van der Waals surface area contributed by atoms with Crippen molar-refractivity contribution < 1.29 is 19.0 Å². The number of alkyl carbamates (subject to hydrolysis) is 1. The molecule has 0 saturated heterocycles. The lowest BCUT2D eigenvalue weighted by Gasteiger charge is -2.18. The van der Waals surface area contributed by atoms with Crippen molar-refractivity contribution in [3.8, 4) is 34.6 Å². The first-order valence-electron chi connectivity index (χ1n) is 11.2. The van der Waals surface area contributed by atoms with E-state index in [0.29, 0.717) is 28.6 Å². The maximum absolute atomic E-state index is 11.8. The minimum atomic E-state index is -0.566. The highest BCUT2D eigenvalue weighted by Gasteiger charge is 2.15. The van der Waals surface area contributed by atoms with Crippen LogP contribution >= 0.6 is 0 Å². The van der Waals surface area contributed by atoms with E-state index >= 15 is 0 Å². The Hall–Kier alpha value is -4.58. The van der Waals surface area contributed by atoms with Gasteiger partial charge in [-0.3, -0.25) is 9.97 Å². The van der Waals surface area contributed by atoms with E-state index in [2.05, 4.69) is 32.1 Å². The van der Waals surface area contributed by atoms with Gasteiger partial charge >= 0.3 is 6.09 Å². The van der Waals surface area contributed by atoms with Crippen LogP contribution in [0.5, 0.6) is 11.5 Å². The number of rotatable bonds is 4. The molecular formula is C27H27N5O4. The number of nitrogens with one attached hydrogen (secondary N) is 1. The van der Waals surface area contributed by atoms with Gasteiger partial charge in [0, 0.05) is 46.6 Å². The van der Waals surface area contributed by atoms with E-state index < -0.39 is 11.7 Å². The van der Waals surface area contributed by atoms with Crippen LogP contribution in [0.25, 0.3) is 32.9 Å². The van der Waals surface area contributed by atoms with E-state index in [1.165, 1.54) is 0 Å². The van der Waals surface area contributed by atoms with Gasteiger partial charge in [-0.15, -0.1) is 0 Å². The van der Waals surface area contributed by atoms with Gasteiger partial charge < -0.3 is 25.3 Å². The number of amides is 1. The summed E-state index contributed by atoms with van der Waals surface area (Å²) < 4.78 is 16.1. The molecule has 0 saturated carbocycles. The van der Waals surface area contributed by atoms with Gasteiger partial charge in [-0.05, 0) is 44.4 Å². The summed E-state index contributed by atoms with van der Waals surface area (Å²) in [5, 5.41) is 5.08. The molecule has 3 heterocycles. The highest BCUT2D eigenvalue weighted by atomic mass is 16.6. The van der Waals surface area contributed by atoms with Gasteiger partial charge in [-0.25, -0.2) is 9.78 Å². The van der Waals surface area contributed by atoms with Gasteiger partial charge in [0.1, 0.15) is 11.4 Å².